The van der Waals surface area contributed by atoms with Crippen LogP contribution in [0.25, 0.3) is 0 Å². The molecule has 8 heteroatoms. The molecule has 1 aromatic carbocycles. The van der Waals surface area contributed by atoms with Gasteiger partial charge in [-0.05, 0) is 36.4 Å². The highest BCUT2D eigenvalue weighted by atomic mass is 16.5. The van der Waals surface area contributed by atoms with Crippen molar-refractivity contribution in [3.8, 4) is 5.75 Å². The van der Waals surface area contributed by atoms with Gasteiger partial charge in [0.15, 0.2) is 0 Å². The van der Waals surface area contributed by atoms with Crippen LogP contribution < -0.4 is 14.5 Å². The molecule has 28 heavy (non-hydrogen) atoms. The molecule has 0 unspecified atom stereocenters. The van der Waals surface area contributed by atoms with E-state index in [4.69, 9.17) is 4.74 Å². The molecule has 0 atom stereocenters. The first-order valence-corrected chi connectivity index (χ1v) is 9.11. The maximum atomic E-state index is 12.8. The Kier molecular flexibility index (Phi) is 6.31. The van der Waals surface area contributed by atoms with Crippen molar-refractivity contribution in [2.45, 2.75) is 0 Å². The van der Waals surface area contributed by atoms with Crippen molar-refractivity contribution >= 4 is 23.4 Å². The second-order valence-corrected chi connectivity index (χ2v) is 6.50. The molecule has 1 aliphatic heterocycles. The topological polar surface area (TPSA) is 86.2 Å². The Labute approximate surface area is 163 Å². The van der Waals surface area contributed by atoms with Crippen LogP contribution in [0.5, 0.6) is 5.75 Å². The fraction of sp³-hybridized carbons (Fsp3) is 0.350. The minimum Gasteiger partial charge on any atom is -0.497 e. The van der Waals surface area contributed by atoms with E-state index in [1.54, 1.807) is 47.4 Å². The Morgan fingerprint density at radius 1 is 1.07 bits per heavy atom. The summed E-state index contributed by atoms with van der Waals surface area (Å²) in [5, 5.41) is 9.23. The summed E-state index contributed by atoms with van der Waals surface area (Å²) >= 11 is 0. The molecule has 2 heterocycles. The summed E-state index contributed by atoms with van der Waals surface area (Å²) in [5.41, 5.74) is 0.670. The number of rotatable bonds is 7. The molecule has 0 bridgehead atoms. The molecule has 3 rings (SSSR count). The quantitative estimate of drug-likeness (QED) is 0.771. The molecular weight excluding hydrogens is 360 g/mol. The molecule has 0 radical (unpaired) electrons. The van der Waals surface area contributed by atoms with Crippen LogP contribution in [0.4, 0.5) is 11.5 Å². The summed E-state index contributed by atoms with van der Waals surface area (Å²) in [4.78, 5) is 33.8. The van der Waals surface area contributed by atoms with E-state index in [9.17, 15) is 14.7 Å². The number of hydrogen-bond acceptors (Lipinski definition) is 6. The third-order valence-electron chi connectivity index (χ3n) is 4.70. The van der Waals surface area contributed by atoms with Gasteiger partial charge in [-0.2, -0.15) is 0 Å². The number of nitrogens with zero attached hydrogens (tertiary/aromatic N) is 4. The van der Waals surface area contributed by atoms with E-state index in [-0.39, 0.29) is 19.0 Å². The zero-order valence-electron chi connectivity index (χ0n) is 15.8. The second kappa shape index (κ2) is 9.07. The Morgan fingerprint density at radius 2 is 1.79 bits per heavy atom. The third-order valence-corrected chi connectivity index (χ3v) is 4.70. The molecule has 1 saturated heterocycles. The van der Waals surface area contributed by atoms with E-state index >= 15 is 0 Å². The molecule has 0 aliphatic carbocycles. The largest absolute Gasteiger partial charge is 0.497 e. The van der Waals surface area contributed by atoms with Gasteiger partial charge < -0.3 is 24.5 Å². The van der Waals surface area contributed by atoms with E-state index in [1.807, 2.05) is 18.2 Å². The van der Waals surface area contributed by atoms with E-state index in [2.05, 4.69) is 9.88 Å². The number of benzene rings is 1. The number of methoxy groups -OCH3 is 1. The van der Waals surface area contributed by atoms with Crippen molar-refractivity contribution in [2.75, 3.05) is 56.2 Å². The van der Waals surface area contributed by atoms with Crippen LogP contribution in [0.2, 0.25) is 0 Å². The molecule has 8 nitrogen and oxygen atoms in total. The molecule has 0 saturated carbocycles. The maximum Gasteiger partial charge on any atom is 0.323 e. The van der Waals surface area contributed by atoms with Crippen LogP contribution in [-0.4, -0.2) is 73.2 Å². The Bertz CT molecular complexity index is 790. The van der Waals surface area contributed by atoms with Crippen LogP contribution in [0.1, 0.15) is 0 Å². The lowest BCUT2D eigenvalue weighted by molar-refractivity contribution is -0.135. The summed E-state index contributed by atoms with van der Waals surface area (Å²) < 4.78 is 5.13. The lowest BCUT2D eigenvalue weighted by atomic mass is 10.2. The molecule has 1 aliphatic rings. The minimum absolute atomic E-state index is 0.0161. The van der Waals surface area contributed by atoms with Crippen molar-refractivity contribution in [3.05, 3.63) is 48.7 Å². The zero-order chi connectivity index (χ0) is 19.9. The number of hydrogen-bond donors (Lipinski definition) is 1. The van der Waals surface area contributed by atoms with Gasteiger partial charge in [-0.1, -0.05) is 6.07 Å². The van der Waals surface area contributed by atoms with E-state index in [1.165, 1.54) is 0 Å². The first kappa shape index (κ1) is 19.5. The standard InChI is InChI=1S/C20H24N4O4/c1-28-17-7-5-16(6-8-17)24(15-20(26)27)14-19(25)23-12-10-22(11-13-23)18-4-2-3-9-21-18/h2-9H,10-15H2,1H3,(H,26,27). The Morgan fingerprint density at radius 3 is 2.36 bits per heavy atom. The average molecular weight is 384 g/mol. The number of ether oxygens (including phenoxy) is 1. The van der Waals surface area contributed by atoms with Crippen molar-refractivity contribution in [1.29, 1.82) is 0 Å². The van der Waals surface area contributed by atoms with Crippen molar-refractivity contribution in [2.24, 2.45) is 0 Å². The van der Waals surface area contributed by atoms with Gasteiger partial charge in [0.05, 0.1) is 13.7 Å². The number of pyridine rings is 1. The van der Waals surface area contributed by atoms with E-state index < -0.39 is 5.97 Å². The normalized spacial score (nSPS) is 13.9. The molecule has 1 fully saturated rings. The van der Waals surface area contributed by atoms with Crippen LogP contribution >= 0.6 is 0 Å². The maximum absolute atomic E-state index is 12.8. The summed E-state index contributed by atoms with van der Waals surface area (Å²) in [7, 11) is 1.57. The van der Waals surface area contributed by atoms with Gasteiger partial charge in [0.2, 0.25) is 5.91 Å². The first-order chi connectivity index (χ1) is 13.6. The number of piperazine rings is 1. The number of aromatic nitrogens is 1. The van der Waals surface area contributed by atoms with Crippen molar-refractivity contribution < 1.29 is 19.4 Å². The average Bonchev–Trinajstić information content (AvgIpc) is 2.74. The van der Waals surface area contributed by atoms with E-state index in [0.29, 0.717) is 37.6 Å². The number of carboxylic acid groups (broad SMARTS) is 1. The number of anilines is 2. The smallest absolute Gasteiger partial charge is 0.323 e. The molecule has 1 amide bonds. The van der Waals surface area contributed by atoms with Crippen LogP contribution in [0.3, 0.4) is 0 Å². The fourth-order valence-electron chi connectivity index (χ4n) is 3.18. The predicted molar refractivity (Wildman–Crippen MR) is 106 cm³/mol. The van der Waals surface area contributed by atoms with Gasteiger partial charge in [0.25, 0.3) is 0 Å². The summed E-state index contributed by atoms with van der Waals surface area (Å²) in [6.45, 7) is 2.33. The predicted octanol–water partition coefficient (Wildman–Crippen LogP) is 1.33. The summed E-state index contributed by atoms with van der Waals surface area (Å²) in [5.74, 6) is 0.512. The highest BCUT2D eigenvalue weighted by Crippen LogP contribution is 2.20. The monoisotopic (exact) mass is 384 g/mol. The van der Waals surface area contributed by atoms with Gasteiger partial charge in [-0.25, -0.2) is 4.98 Å². The Hall–Kier alpha value is -3.29. The highest BCUT2D eigenvalue weighted by molar-refractivity contribution is 5.84. The van der Waals surface area contributed by atoms with E-state index in [0.717, 1.165) is 5.82 Å². The van der Waals surface area contributed by atoms with Crippen molar-refractivity contribution in [3.63, 3.8) is 0 Å². The zero-order valence-corrected chi connectivity index (χ0v) is 15.8. The molecular formula is C20H24N4O4. The number of carbonyl (C=O) groups excluding carboxylic acids is 1. The van der Waals surface area contributed by atoms with Crippen LogP contribution in [-0.2, 0) is 9.59 Å². The third kappa shape index (κ3) is 4.91. The molecule has 1 N–H and O–H groups in total. The summed E-state index contributed by atoms with van der Waals surface area (Å²) in [6, 6.07) is 12.8. The van der Waals surface area contributed by atoms with Crippen LogP contribution in [0.15, 0.2) is 48.7 Å². The summed E-state index contributed by atoms with van der Waals surface area (Å²) in [6.07, 6.45) is 1.76. The fourth-order valence-corrected chi connectivity index (χ4v) is 3.18. The molecule has 1 aromatic heterocycles. The van der Waals surface area contributed by atoms with Gasteiger partial charge >= 0.3 is 5.97 Å². The van der Waals surface area contributed by atoms with Gasteiger partial charge in [-0.3, -0.25) is 9.59 Å². The first-order valence-electron chi connectivity index (χ1n) is 9.11. The SMILES string of the molecule is COc1ccc(N(CC(=O)O)CC(=O)N2CCN(c3ccccn3)CC2)cc1. The number of carbonyl (C=O) groups is 2. The Balaban J connectivity index is 1.61. The lowest BCUT2D eigenvalue weighted by Gasteiger charge is -2.36. The van der Waals surface area contributed by atoms with Gasteiger partial charge in [-0.15, -0.1) is 0 Å². The lowest BCUT2D eigenvalue weighted by Crippen LogP contribution is -2.52. The number of carboxylic acids is 1. The molecule has 2 aromatic rings. The molecule has 148 valence electrons. The molecule has 0 spiro atoms. The van der Waals surface area contributed by atoms with Gasteiger partial charge in [0, 0.05) is 38.1 Å². The van der Waals surface area contributed by atoms with Crippen LogP contribution in [0, 0.1) is 0 Å². The number of amides is 1. The van der Waals surface area contributed by atoms with Crippen molar-refractivity contribution in [1.82, 2.24) is 9.88 Å². The minimum atomic E-state index is -0.983. The number of aliphatic carboxylic acids is 1. The second-order valence-electron chi connectivity index (χ2n) is 6.50. The highest BCUT2D eigenvalue weighted by Gasteiger charge is 2.24. The van der Waals surface area contributed by atoms with Gasteiger partial charge in [0.1, 0.15) is 18.1 Å².